The number of rotatable bonds is 5. The van der Waals surface area contributed by atoms with E-state index < -0.39 is 24.2 Å². The Morgan fingerprint density at radius 3 is 2.44 bits per heavy atom. The summed E-state index contributed by atoms with van der Waals surface area (Å²) in [5, 5.41) is 0. The maximum absolute atomic E-state index is 14.8. The number of esters is 1. The predicted molar refractivity (Wildman–Crippen MR) is 108 cm³/mol. The van der Waals surface area contributed by atoms with Gasteiger partial charge in [0, 0.05) is 5.56 Å². The molecule has 6 heteroatoms. The first-order valence-corrected chi connectivity index (χ1v) is 10.0. The van der Waals surface area contributed by atoms with Crippen molar-refractivity contribution < 1.29 is 18.3 Å². The van der Waals surface area contributed by atoms with Gasteiger partial charge in [0.1, 0.15) is 18.2 Å². The number of hydrogen-bond acceptors (Lipinski definition) is 2. The Kier molecular flexibility index (Phi) is 5.87. The van der Waals surface area contributed by atoms with E-state index in [4.69, 9.17) is 4.74 Å². The van der Waals surface area contributed by atoms with Crippen LogP contribution in [0.25, 0.3) is 11.1 Å². The van der Waals surface area contributed by atoms with Crippen molar-refractivity contribution in [3.8, 4) is 11.1 Å². The summed E-state index contributed by atoms with van der Waals surface area (Å²) in [6, 6.07) is 11.5. The second-order valence-corrected chi connectivity index (χ2v) is 9.92. The topological polar surface area (TPSA) is 26.3 Å². The van der Waals surface area contributed by atoms with Crippen LogP contribution >= 0.6 is 31.9 Å². The summed E-state index contributed by atoms with van der Waals surface area (Å²) in [5.41, 5.74) is 0.418. The van der Waals surface area contributed by atoms with E-state index >= 15 is 0 Å². The molecule has 0 bridgehead atoms. The summed E-state index contributed by atoms with van der Waals surface area (Å²) < 4.78 is 35.0. The van der Waals surface area contributed by atoms with Crippen LogP contribution in [-0.2, 0) is 16.1 Å². The van der Waals surface area contributed by atoms with E-state index in [-0.39, 0.29) is 28.4 Å². The Balaban J connectivity index is 1.77. The molecule has 0 N–H and O–H groups in total. The second-order valence-electron chi connectivity index (χ2n) is 7.14. The van der Waals surface area contributed by atoms with Crippen LogP contribution < -0.4 is 0 Å². The normalized spacial score (nSPS) is 20.1. The van der Waals surface area contributed by atoms with E-state index in [1.54, 1.807) is 24.3 Å². The van der Waals surface area contributed by atoms with Crippen LogP contribution in [0.15, 0.2) is 51.9 Å². The van der Waals surface area contributed by atoms with Gasteiger partial charge in [0.15, 0.2) is 0 Å². The van der Waals surface area contributed by atoms with E-state index in [9.17, 15) is 13.6 Å². The molecule has 0 unspecified atom stereocenters. The largest absolute Gasteiger partial charge is 0.460 e. The molecular formula is C21H18Br2F2O2. The molecule has 2 aromatic carbocycles. The zero-order valence-electron chi connectivity index (χ0n) is 14.8. The van der Waals surface area contributed by atoms with Gasteiger partial charge in [-0.3, -0.25) is 4.79 Å². The molecule has 27 heavy (non-hydrogen) atoms. The number of allylic oxidation sites excluding steroid dienone is 1. The Labute approximate surface area is 173 Å². The zero-order valence-corrected chi connectivity index (χ0v) is 18.0. The molecule has 2 atom stereocenters. The lowest BCUT2D eigenvalue weighted by Crippen LogP contribution is -2.12. The highest BCUT2D eigenvalue weighted by Gasteiger charge is 2.61. The minimum absolute atomic E-state index is 0.00379. The van der Waals surface area contributed by atoms with Crippen molar-refractivity contribution in [2.75, 3.05) is 0 Å². The van der Waals surface area contributed by atoms with Crippen molar-refractivity contribution in [2.45, 2.75) is 20.5 Å². The van der Waals surface area contributed by atoms with Gasteiger partial charge in [-0.05, 0) is 60.9 Å². The molecule has 0 spiro atoms. The van der Waals surface area contributed by atoms with E-state index in [0.717, 1.165) is 3.39 Å². The van der Waals surface area contributed by atoms with E-state index in [1.165, 1.54) is 12.1 Å². The van der Waals surface area contributed by atoms with Crippen LogP contribution in [0.1, 0.15) is 19.4 Å². The van der Waals surface area contributed by atoms with Crippen LogP contribution in [0.5, 0.6) is 0 Å². The van der Waals surface area contributed by atoms with E-state index in [0.29, 0.717) is 5.56 Å². The number of hydrogen-bond donors (Lipinski definition) is 0. The van der Waals surface area contributed by atoms with Gasteiger partial charge in [-0.15, -0.1) is 0 Å². The quantitative estimate of drug-likeness (QED) is 0.434. The first kappa shape index (κ1) is 20.2. The first-order valence-electron chi connectivity index (χ1n) is 8.45. The van der Waals surface area contributed by atoms with Gasteiger partial charge in [-0.1, -0.05) is 50.3 Å². The van der Waals surface area contributed by atoms with Gasteiger partial charge >= 0.3 is 5.97 Å². The highest BCUT2D eigenvalue weighted by atomic mass is 79.9. The average molecular weight is 500 g/mol. The molecule has 2 nitrogen and oxygen atoms in total. The molecular weight excluding hydrogens is 482 g/mol. The molecule has 0 saturated heterocycles. The van der Waals surface area contributed by atoms with Crippen molar-refractivity contribution in [1.29, 1.82) is 0 Å². The maximum Gasteiger partial charge on any atom is 0.310 e. The van der Waals surface area contributed by atoms with E-state index in [2.05, 4.69) is 31.9 Å². The third kappa shape index (κ3) is 4.16. The van der Waals surface area contributed by atoms with Crippen molar-refractivity contribution in [3.63, 3.8) is 0 Å². The molecule has 1 aliphatic carbocycles. The van der Waals surface area contributed by atoms with Crippen molar-refractivity contribution in [3.05, 3.63) is 69.1 Å². The van der Waals surface area contributed by atoms with Crippen molar-refractivity contribution in [1.82, 2.24) is 0 Å². The van der Waals surface area contributed by atoms with Gasteiger partial charge in [0.05, 0.1) is 14.9 Å². The molecule has 1 aliphatic rings. The molecule has 1 fully saturated rings. The summed E-state index contributed by atoms with van der Waals surface area (Å²) in [7, 11) is 0. The van der Waals surface area contributed by atoms with Gasteiger partial charge < -0.3 is 4.74 Å². The Hall–Kier alpha value is -1.53. The molecule has 1 saturated carbocycles. The fraction of sp³-hybridized carbons (Fsp3) is 0.286. The average Bonchev–Trinajstić information content (AvgIpc) is 3.14. The minimum Gasteiger partial charge on any atom is -0.460 e. The van der Waals surface area contributed by atoms with Gasteiger partial charge in [0.2, 0.25) is 0 Å². The molecule has 2 aromatic rings. The minimum atomic E-state index is -0.727. The van der Waals surface area contributed by atoms with Gasteiger partial charge in [-0.25, -0.2) is 8.78 Å². The van der Waals surface area contributed by atoms with E-state index in [1.807, 2.05) is 26.0 Å². The Bertz CT molecular complexity index is 891. The molecule has 0 amide bonds. The Morgan fingerprint density at radius 2 is 1.81 bits per heavy atom. The van der Waals surface area contributed by atoms with Crippen LogP contribution in [0.4, 0.5) is 8.78 Å². The summed E-state index contributed by atoms with van der Waals surface area (Å²) in [6.45, 7) is 3.48. The summed E-state index contributed by atoms with van der Waals surface area (Å²) >= 11 is 6.59. The zero-order chi connectivity index (χ0) is 19.8. The molecule has 0 aromatic heterocycles. The monoisotopic (exact) mass is 498 g/mol. The Morgan fingerprint density at radius 1 is 1.15 bits per heavy atom. The van der Waals surface area contributed by atoms with Crippen molar-refractivity contribution >= 4 is 37.8 Å². The standard InChI is InChI=1S/C21H18Br2F2O2/c1-21(2)15(10-17(22)23)18(21)20(26)27-11-14-16(24)9-8-13(19(14)25)12-6-4-3-5-7-12/h3-10,15,18H,11H2,1-2H3/t15-,18-/m0/s1. The molecule has 0 heterocycles. The highest BCUT2D eigenvalue weighted by molar-refractivity contribution is 9.28. The van der Waals surface area contributed by atoms with Crippen molar-refractivity contribution in [2.24, 2.45) is 17.3 Å². The third-order valence-corrected chi connectivity index (χ3v) is 5.63. The molecule has 0 aliphatic heterocycles. The number of ether oxygens (including phenoxy) is 1. The molecule has 3 rings (SSSR count). The maximum atomic E-state index is 14.8. The lowest BCUT2D eigenvalue weighted by molar-refractivity contribution is -0.147. The fourth-order valence-electron chi connectivity index (χ4n) is 3.38. The lowest BCUT2D eigenvalue weighted by Gasteiger charge is -2.11. The number of benzene rings is 2. The third-order valence-electron chi connectivity index (χ3n) is 5.10. The number of carbonyl (C=O) groups is 1. The van der Waals surface area contributed by atoms with Crippen LogP contribution in [0.3, 0.4) is 0 Å². The first-order chi connectivity index (χ1) is 12.7. The number of carbonyl (C=O) groups excluding carboxylic acids is 1. The smallest absolute Gasteiger partial charge is 0.310 e. The summed E-state index contributed by atoms with van der Waals surface area (Å²) in [6.07, 6.45) is 1.89. The van der Waals surface area contributed by atoms with Crippen LogP contribution in [0, 0.1) is 28.9 Å². The predicted octanol–water partition coefficient (Wildman–Crippen LogP) is 6.58. The molecule has 142 valence electrons. The fourth-order valence-corrected chi connectivity index (χ4v) is 3.95. The number of halogens is 4. The van der Waals surface area contributed by atoms with Gasteiger partial charge in [0.25, 0.3) is 0 Å². The second kappa shape index (κ2) is 7.84. The highest BCUT2D eigenvalue weighted by Crippen LogP contribution is 2.60. The van der Waals surface area contributed by atoms with Crippen LogP contribution in [-0.4, -0.2) is 5.97 Å². The summed E-state index contributed by atoms with van der Waals surface area (Å²) in [4.78, 5) is 12.4. The lowest BCUT2D eigenvalue weighted by atomic mass is 10.0. The molecule has 0 radical (unpaired) electrons. The summed E-state index contributed by atoms with van der Waals surface area (Å²) in [5.74, 6) is -2.22. The van der Waals surface area contributed by atoms with Crippen LogP contribution in [0.2, 0.25) is 0 Å². The SMILES string of the molecule is CC1(C)[C@H](C(=O)OCc2c(F)ccc(-c3ccccc3)c2F)[C@@H]1C=C(Br)Br. The van der Waals surface area contributed by atoms with Gasteiger partial charge in [-0.2, -0.15) is 0 Å².